The van der Waals surface area contributed by atoms with E-state index in [1.54, 1.807) is 19.2 Å². The fourth-order valence-corrected chi connectivity index (χ4v) is 4.77. The SMILES string of the molecule is COc1cc(C)ccc1C(=O)N1CCC(c2ccc(NC(=O)CCc3cnccc3C(F)(F)F)cc2)CC1. The van der Waals surface area contributed by atoms with Crippen LogP contribution in [-0.2, 0) is 17.4 Å². The smallest absolute Gasteiger partial charge is 0.416 e. The number of benzene rings is 2. The molecule has 9 heteroatoms. The Kier molecular flexibility index (Phi) is 8.34. The highest BCUT2D eigenvalue weighted by Crippen LogP contribution is 2.33. The van der Waals surface area contributed by atoms with Gasteiger partial charge in [0, 0.05) is 37.6 Å². The zero-order chi connectivity index (χ0) is 27.3. The van der Waals surface area contributed by atoms with Gasteiger partial charge in [-0.2, -0.15) is 13.2 Å². The minimum Gasteiger partial charge on any atom is -0.496 e. The summed E-state index contributed by atoms with van der Waals surface area (Å²) >= 11 is 0. The molecule has 0 saturated carbocycles. The molecule has 0 unspecified atom stereocenters. The van der Waals surface area contributed by atoms with E-state index in [0.29, 0.717) is 30.1 Å². The number of methoxy groups -OCH3 is 1. The average molecular weight is 526 g/mol. The van der Waals surface area contributed by atoms with Crippen LogP contribution in [0.1, 0.15) is 57.8 Å². The van der Waals surface area contributed by atoms with Gasteiger partial charge < -0.3 is 15.0 Å². The molecule has 38 heavy (non-hydrogen) atoms. The van der Waals surface area contributed by atoms with Crippen LogP contribution in [0, 0.1) is 6.92 Å². The summed E-state index contributed by atoms with van der Waals surface area (Å²) in [5, 5.41) is 2.75. The first-order valence-electron chi connectivity index (χ1n) is 12.5. The summed E-state index contributed by atoms with van der Waals surface area (Å²) in [5.74, 6) is 0.464. The van der Waals surface area contributed by atoms with Crippen molar-refractivity contribution in [1.29, 1.82) is 0 Å². The lowest BCUT2D eigenvalue weighted by Crippen LogP contribution is -2.38. The molecule has 2 amide bonds. The standard InChI is InChI=1S/C29H30F3N3O3/c1-19-3-9-24(26(17-19)38-2)28(37)35-15-12-21(13-16-35)20-4-7-23(8-5-20)34-27(36)10-6-22-18-33-14-11-25(22)29(30,31)32/h3-5,7-9,11,14,17-18,21H,6,10,12-13,15-16H2,1-2H3,(H,34,36). The molecule has 1 N–H and O–H groups in total. The fourth-order valence-electron chi connectivity index (χ4n) is 4.77. The molecule has 2 heterocycles. The van der Waals surface area contributed by atoms with Gasteiger partial charge in [-0.25, -0.2) is 0 Å². The number of piperidine rings is 1. The number of hydrogen-bond donors (Lipinski definition) is 1. The number of ether oxygens (including phenoxy) is 1. The molecule has 200 valence electrons. The number of anilines is 1. The molecule has 6 nitrogen and oxygen atoms in total. The number of carbonyl (C=O) groups excluding carboxylic acids is 2. The Hall–Kier alpha value is -3.88. The van der Waals surface area contributed by atoms with Crippen molar-refractivity contribution in [2.24, 2.45) is 0 Å². The maximum atomic E-state index is 13.1. The van der Waals surface area contributed by atoms with Gasteiger partial charge >= 0.3 is 6.18 Å². The summed E-state index contributed by atoms with van der Waals surface area (Å²) < 4.78 is 44.8. The van der Waals surface area contributed by atoms with Gasteiger partial charge in [0.15, 0.2) is 0 Å². The summed E-state index contributed by atoms with van der Waals surface area (Å²) in [5.41, 5.74) is 2.52. The van der Waals surface area contributed by atoms with Crippen LogP contribution in [0.4, 0.5) is 18.9 Å². The molecule has 0 aliphatic carbocycles. The van der Waals surface area contributed by atoms with Crippen molar-refractivity contribution >= 4 is 17.5 Å². The zero-order valence-electron chi connectivity index (χ0n) is 21.3. The topological polar surface area (TPSA) is 71.5 Å². The molecule has 1 aliphatic rings. The largest absolute Gasteiger partial charge is 0.496 e. The van der Waals surface area contributed by atoms with Crippen LogP contribution in [0.25, 0.3) is 0 Å². The summed E-state index contributed by atoms with van der Waals surface area (Å²) in [4.78, 5) is 31.0. The number of halogens is 3. The molecule has 1 aromatic heterocycles. The monoisotopic (exact) mass is 525 g/mol. The summed E-state index contributed by atoms with van der Waals surface area (Å²) in [7, 11) is 1.56. The van der Waals surface area contributed by atoms with Crippen molar-refractivity contribution in [2.45, 2.75) is 44.7 Å². The van der Waals surface area contributed by atoms with Crippen LogP contribution in [0.3, 0.4) is 0 Å². The predicted molar refractivity (Wildman–Crippen MR) is 138 cm³/mol. The van der Waals surface area contributed by atoms with Crippen molar-refractivity contribution < 1.29 is 27.5 Å². The molecule has 1 saturated heterocycles. The quantitative estimate of drug-likeness (QED) is 0.410. The lowest BCUT2D eigenvalue weighted by Gasteiger charge is -2.32. The lowest BCUT2D eigenvalue weighted by molar-refractivity contribution is -0.138. The first kappa shape index (κ1) is 27.2. The second-order valence-electron chi connectivity index (χ2n) is 9.47. The molecule has 3 aromatic rings. The highest BCUT2D eigenvalue weighted by molar-refractivity contribution is 5.97. The van der Waals surface area contributed by atoms with E-state index < -0.39 is 11.7 Å². The third kappa shape index (κ3) is 6.51. The molecule has 0 radical (unpaired) electrons. The van der Waals surface area contributed by atoms with E-state index in [9.17, 15) is 22.8 Å². The van der Waals surface area contributed by atoms with Crippen LogP contribution in [-0.4, -0.2) is 41.9 Å². The minimum absolute atomic E-state index is 0.00357. The third-order valence-electron chi connectivity index (χ3n) is 6.87. The highest BCUT2D eigenvalue weighted by Gasteiger charge is 2.33. The predicted octanol–water partition coefficient (Wildman–Crippen LogP) is 6.01. The molecule has 0 spiro atoms. The second-order valence-corrected chi connectivity index (χ2v) is 9.47. The number of carbonyl (C=O) groups is 2. The molecule has 4 rings (SSSR count). The number of nitrogens with zero attached hydrogens (tertiary/aromatic N) is 2. The van der Waals surface area contributed by atoms with Gasteiger partial charge in [-0.1, -0.05) is 18.2 Å². The van der Waals surface area contributed by atoms with Crippen LogP contribution < -0.4 is 10.1 Å². The number of likely N-dealkylation sites (tertiary alicyclic amines) is 1. The minimum atomic E-state index is -4.48. The zero-order valence-corrected chi connectivity index (χ0v) is 21.3. The number of pyridine rings is 1. The number of nitrogens with one attached hydrogen (secondary N) is 1. The van der Waals surface area contributed by atoms with E-state index in [1.807, 2.05) is 42.2 Å². The van der Waals surface area contributed by atoms with E-state index in [0.717, 1.165) is 42.4 Å². The Bertz CT molecular complexity index is 1280. The van der Waals surface area contributed by atoms with Gasteiger partial charge in [0.2, 0.25) is 5.91 Å². The molecular weight excluding hydrogens is 495 g/mol. The van der Waals surface area contributed by atoms with Gasteiger partial charge in [0.25, 0.3) is 5.91 Å². The summed E-state index contributed by atoms with van der Waals surface area (Å²) in [6.07, 6.45) is -0.747. The molecule has 1 aliphatic heterocycles. The van der Waals surface area contributed by atoms with Crippen molar-refractivity contribution in [3.05, 3.63) is 88.7 Å². The first-order chi connectivity index (χ1) is 18.2. The van der Waals surface area contributed by atoms with Gasteiger partial charge in [-0.05, 0) is 79.1 Å². The third-order valence-corrected chi connectivity index (χ3v) is 6.87. The van der Waals surface area contributed by atoms with E-state index >= 15 is 0 Å². The summed E-state index contributed by atoms with van der Waals surface area (Å²) in [6, 6.07) is 14.0. The first-order valence-corrected chi connectivity index (χ1v) is 12.5. The Morgan fingerprint density at radius 2 is 1.79 bits per heavy atom. The van der Waals surface area contributed by atoms with Crippen LogP contribution in [0.15, 0.2) is 60.9 Å². The van der Waals surface area contributed by atoms with Crippen LogP contribution >= 0.6 is 0 Å². The van der Waals surface area contributed by atoms with Crippen molar-refractivity contribution in [3.63, 3.8) is 0 Å². The second kappa shape index (κ2) is 11.7. The lowest BCUT2D eigenvalue weighted by atomic mass is 9.89. The average Bonchev–Trinajstić information content (AvgIpc) is 2.91. The van der Waals surface area contributed by atoms with Crippen LogP contribution in [0.5, 0.6) is 5.75 Å². The van der Waals surface area contributed by atoms with Gasteiger partial charge in [-0.15, -0.1) is 0 Å². The normalized spacial score (nSPS) is 14.3. The van der Waals surface area contributed by atoms with Crippen molar-refractivity contribution in [1.82, 2.24) is 9.88 Å². The number of hydrogen-bond acceptors (Lipinski definition) is 4. The molecule has 1 fully saturated rings. The Morgan fingerprint density at radius 1 is 1.08 bits per heavy atom. The number of aryl methyl sites for hydroxylation is 2. The number of rotatable bonds is 7. The van der Waals surface area contributed by atoms with E-state index in [-0.39, 0.29) is 36.1 Å². The highest BCUT2D eigenvalue weighted by atomic mass is 19.4. The van der Waals surface area contributed by atoms with Gasteiger partial charge in [-0.3, -0.25) is 14.6 Å². The molecule has 0 atom stereocenters. The van der Waals surface area contributed by atoms with Crippen LogP contribution in [0.2, 0.25) is 0 Å². The number of alkyl halides is 3. The molecule has 2 aromatic carbocycles. The number of amides is 2. The molecule has 0 bridgehead atoms. The Morgan fingerprint density at radius 3 is 2.45 bits per heavy atom. The van der Waals surface area contributed by atoms with Gasteiger partial charge in [0.05, 0.1) is 18.2 Å². The molecular formula is C29H30F3N3O3. The van der Waals surface area contributed by atoms with Gasteiger partial charge in [0.1, 0.15) is 5.75 Å². The van der Waals surface area contributed by atoms with E-state index in [4.69, 9.17) is 4.74 Å². The maximum Gasteiger partial charge on any atom is 0.416 e. The van der Waals surface area contributed by atoms with E-state index in [2.05, 4.69) is 10.3 Å². The number of aromatic nitrogens is 1. The van der Waals surface area contributed by atoms with Crippen molar-refractivity contribution in [3.8, 4) is 5.75 Å². The summed E-state index contributed by atoms with van der Waals surface area (Å²) in [6.45, 7) is 3.22. The van der Waals surface area contributed by atoms with Crippen molar-refractivity contribution in [2.75, 3.05) is 25.5 Å². The Balaban J connectivity index is 1.29. The van der Waals surface area contributed by atoms with E-state index in [1.165, 1.54) is 0 Å². The fraction of sp³-hybridized carbons (Fsp3) is 0.345. The maximum absolute atomic E-state index is 13.1. The Labute approximate surface area is 219 Å².